The van der Waals surface area contributed by atoms with Crippen LogP contribution >= 0.6 is 0 Å². The fourth-order valence-corrected chi connectivity index (χ4v) is 2.30. The molecule has 0 aliphatic heterocycles. The number of methoxy groups -OCH3 is 1. The summed E-state index contributed by atoms with van der Waals surface area (Å²) in [6, 6.07) is 26.2. The molecule has 0 bridgehead atoms. The summed E-state index contributed by atoms with van der Waals surface area (Å²) in [6.45, 7) is 0. The van der Waals surface area contributed by atoms with Gasteiger partial charge in [0, 0.05) is 11.1 Å². The van der Waals surface area contributed by atoms with Crippen LogP contribution in [0.25, 0.3) is 11.1 Å². The van der Waals surface area contributed by atoms with Gasteiger partial charge in [0.1, 0.15) is 5.75 Å². The van der Waals surface area contributed by atoms with E-state index in [1.807, 2.05) is 66.7 Å². The molecule has 0 saturated carbocycles. The van der Waals surface area contributed by atoms with E-state index in [4.69, 9.17) is 4.74 Å². The summed E-state index contributed by atoms with van der Waals surface area (Å²) in [5.74, 6) is 7.34. The zero-order valence-electron chi connectivity index (χ0n) is 12.4. The Balaban J connectivity index is 2.02. The van der Waals surface area contributed by atoms with Crippen molar-refractivity contribution < 1.29 is 4.74 Å². The van der Waals surface area contributed by atoms with Gasteiger partial charge in [-0.2, -0.15) is 0 Å². The summed E-state index contributed by atoms with van der Waals surface area (Å²) in [4.78, 5) is 0. The molecule has 3 aromatic carbocycles. The van der Waals surface area contributed by atoms with E-state index in [0.717, 1.165) is 28.0 Å². The van der Waals surface area contributed by atoms with Crippen molar-refractivity contribution in [3.05, 3.63) is 90.0 Å². The van der Waals surface area contributed by atoms with E-state index in [-0.39, 0.29) is 0 Å². The van der Waals surface area contributed by atoms with Crippen LogP contribution in [0.15, 0.2) is 78.9 Å². The first-order valence-corrected chi connectivity index (χ1v) is 7.17. The number of ether oxygens (including phenoxy) is 1. The van der Waals surface area contributed by atoms with Crippen molar-refractivity contribution >= 4 is 0 Å². The van der Waals surface area contributed by atoms with Gasteiger partial charge in [-0.25, -0.2) is 0 Å². The molecule has 106 valence electrons. The van der Waals surface area contributed by atoms with Crippen LogP contribution < -0.4 is 4.74 Å². The quantitative estimate of drug-likeness (QED) is 0.616. The molecule has 0 fully saturated rings. The van der Waals surface area contributed by atoms with Gasteiger partial charge in [0.15, 0.2) is 0 Å². The van der Waals surface area contributed by atoms with E-state index in [1.54, 1.807) is 7.11 Å². The molecule has 1 nitrogen and oxygen atoms in total. The van der Waals surface area contributed by atoms with Gasteiger partial charge in [-0.05, 0) is 41.5 Å². The third-order valence-electron chi connectivity index (χ3n) is 3.42. The highest BCUT2D eigenvalue weighted by Gasteiger charge is 2.03. The maximum atomic E-state index is 5.31. The van der Waals surface area contributed by atoms with Gasteiger partial charge in [0.25, 0.3) is 0 Å². The minimum Gasteiger partial charge on any atom is -0.497 e. The van der Waals surface area contributed by atoms with Crippen molar-refractivity contribution in [2.45, 2.75) is 0 Å². The standard InChI is InChI=1S/C21H16O/c1-22-20-12-7-11-19(16-20)21-13-6-5-10-18(21)15-14-17-8-3-2-4-9-17/h2-13,16H,1H3. The van der Waals surface area contributed by atoms with Gasteiger partial charge in [-0.3, -0.25) is 0 Å². The first-order valence-electron chi connectivity index (χ1n) is 7.17. The lowest BCUT2D eigenvalue weighted by molar-refractivity contribution is 0.415. The fourth-order valence-electron chi connectivity index (χ4n) is 2.30. The van der Waals surface area contributed by atoms with E-state index >= 15 is 0 Å². The SMILES string of the molecule is COc1cccc(-c2ccccc2C#Cc2ccccc2)c1. The molecular formula is C21H16O. The van der Waals surface area contributed by atoms with Crippen molar-refractivity contribution in [2.24, 2.45) is 0 Å². The Labute approximate surface area is 131 Å². The Morgan fingerprint density at radius 1 is 0.727 bits per heavy atom. The Hall–Kier alpha value is -2.98. The van der Waals surface area contributed by atoms with Crippen molar-refractivity contribution in [1.29, 1.82) is 0 Å². The van der Waals surface area contributed by atoms with Crippen LogP contribution in [0.1, 0.15) is 11.1 Å². The van der Waals surface area contributed by atoms with Crippen LogP contribution in [0.4, 0.5) is 0 Å². The molecule has 0 aliphatic carbocycles. The Morgan fingerprint density at radius 2 is 1.50 bits per heavy atom. The second kappa shape index (κ2) is 6.65. The van der Waals surface area contributed by atoms with Crippen molar-refractivity contribution in [3.63, 3.8) is 0 Å². The maximum Gasteiger partial charge on any atom is 0.119 e. The first kappa shape index (κ1) is 14.0. The maximum absolute atomic E-state index is 5.31. The Bertz CT molecular complexity index is 823. The lowest BCUT2D eigenvalue weighted by atomic mass is 9.99. The third-order valence-corrected chi connectivity index (χ3v) is 3.42. The third kappa shape index (κ3) is 3.19. The Kier molecular flexibility index (Phi) is 4.22. The zero-order valence-corrected chi connectivity index (χ0v) is 12.4. The molecule has 0 heterocycles. The number of benzene rings is 3. The van der Waals surface area contributed by atoms with Crippen molar-refractivity contribution in [3.8, 4) is 28.7 Å². The van der Waals surface area contributed by atoms with Gasteiger partial charge >= 0.3 is 0 Å². The lowest BCUT2D eigenvalue weighted by Crippen LogP contribution is -1.87. The second-order valence-electron chi connectivity index (χ2n) is 4.89. The Morgan fingerprint density at radius 3 is 2.32 bits per heavy atom. The molecule has 3 aromatic rings. The van der Waals surface area contributed by atoms with E-state index in [0.29, 0.717) is 0 Å². The zero-order chi connectivity index (χ0) is 15.2. The number of hydrogen-bond acceptors (Lipinski definition) is 1. The first-order chi connectivity index (χ1) is 10.9. The lowest BCUT2D eigenvalue weighted by Gasteiger charge is -2.07. The van der Waals surface area contributed by atoms with Crippen LogP contribution in [0.2, 0.25) is 0 Å². The highest BCUT2D eigenvalue weighted by molar-refractivity contribution is 5.72. The van der Waals surface area contributed by atoms with Gasteiger partial charge in [0.05, 0.1) is 7.11 Å². The van der Waals surface area contributed by atoms with E-state index in [1.165, 1.54) is 0 Å². The molecule has 22 heavy (non-hydrogen) atoms. The topological polar surface area (TPSA) is 9.23 Å². The summed E-state index contributed by atoms with van der Waals surface area (Å²) < 4.78 is 5.31. The molecule has 1 heteroatoms. The molecule has 0 atom stereocenters. The molecule has 0 saturated heterocycles. The van der Waals surface area contributed by atoms with Gasteiger partial charge in [0.2, 0.25) is 0 Å². The predicted octanol–water partition coefficient (Wildman–Crippen LogP) is 4.76. The van der Waals surface area contributed by atoms with Crippen molar-refractivity contribution in [1.82, 2.24) is 0 Å². The predicted molar refractivity (Wildman–Crippen MR) is 90.9 cm³/mol. The van der Waals surface area contributed by atoms with Crippen LogP contribution in [0.3, 0.4) is 0 Å². The van der Waals surface area contributed by atoms with E-state index in [2.05, 4.69) is 24.0 Å². The average Bonchev–Trinajstić information content (AvgIpc) is 2.61. The van der Waals surface area contributed by atoms with Gasteiger partial charge in [-0.1, -0.05) is 60.4 Å². The van der Waals surface area contributed by atoms with E-state index < -0.39 is 0 Å². The number of hydrogen-bond donors (Lipinski definition) is 0. The average molecular weight is 284 g/mol. The minimum atomic E-state index is 0.850. The summed E-state index contributed by atoms with van der Waals surface area (Å²) in [6.07, 6.45) is 0. The minimum absolute atomic E-state index is 0.850. The van der Waals surface area contributed by atoms with Crippen molar-refractivity contribution in [2.75, 3.05) is 7.11 Å². The fraction of sp³-hybridized carbons (Fsp3) is 0.0476. The summed E-state index contributed by atoms with van der Waals surface area (Å²) in [7, 11) is 1.68. The monoisotopic (exact) mass is 284 g/mol. The summed E-state index contributed by atoms with van der Waals surface area (Å²) in [5.41, 5.74) is 4.25. The van der Waals surface area contributed by atoms with Gasteiger partial charge < -0.3 is 4.74 Å². The normalized spacial score (nSPS) is 9.68. The van der Waals surface area contributed by atoms with E-state index in [9.17, 15) is 0 Å². The summed E-state index contributed by atoms with van der Waals surface area (Å²) >= 11 is 0. The molecule has 0 N–H and O–H groups in total. The second-order valence-corrected chi connectivity index (χ2v) is 4.89. The highest BCUT2D eigenvalue weighted by atomic mass is 16.5. The molecule has 0 spiro atoms. The van der Waals surface area contributed by atoms with Crippen LogP contribution in [0, 0.1) is 11.8 Å². The smallest absolute Gasteiger partial charge is 0.119 e. The highest BCUT2D eigenvalue weighted by Crippen LogP contribution is 2.26. The van der Waals surface area contributed by atoms with Crippen LogP contribution in [0.5, 0.6) is 5.75 Å². The molecule has 0 amide bonds. The molecule has 3 rings (SSSR count). The molecule has 0 aliphatic rings. The van der Waals surface area contributed by atoms with Crippen LogP contribution in [-0.2, 0) is 0 Å². The molecule has 0 aromatic heterocycles. The molecule has 0 radical (unpaired) electrons. The van der Waals surface area contributed by atoms with Crippen LogP contribution in [-0.4, -0.2) is 7.11 Å². The molecule has 0 unspecified atom stereocenters. The molecular weight excluding hydrogens is 268 g/mol. The number of rotatable bonds is 2. The largest absolute Gasteiger partial charge is 0.497 e. The summed E-state index contributed by atoms with van der Waals surface area (Å²) in [5, 5.41) is 0. The van der Waals surface area contributed by atoms with Gasteiger partial charge in [-0.15, -0.1) is 0 Å².